The summed E-state index contributed by atoms with van der Waals surface area (Å²) in [6.07, 6.45) is 3.93. The highest BCUT2D eigenvalue weighted by molar-refractivity contribution is 5.49. The number of likely N-dealkylation sites (N-methyl/N-ethyl adjacent to an activating group) is 2. The van der Waals surface area contributed by atoms with Gasteiger partial charge >= 0.3 is 0 Å². The molecule has 0 N–H and O–H groups in total. The van der Waals surface area contributed by atoms with Crippen molar-refractivity contribution in [3.05, 3.63) is 86.0 Å². The zero-order valence-electron chi connectivity index (χ0n) is 16.6. The molecule has 2 aromatic rings. The van der Waals surface area contributed by atoms with Gasteiger partial charge in [0.25, 0.3) is 0 Å². The molecule has 0 spiro atoms. The molecule has 0 saturated carbocycles. The van der Waals surface area contributed by atoms with E-state index in [4.69, 9.17) is 4.74 Å². The third-order valence-corrected chi connectivity index (χ3v) is 4.78. The van der Waals surface area contributed by atoms with Gasteiger partial charge in [0.2, 0.25) is 0 Å². The van der Waals surface area contributed by atoms with Gasteiger partial charge in [0.05, 0.1) is 25.3 Å². The van der Waals surface area contributed by atoms with Crippen LogP contribution in [-0.2, 0) is 4.74 Å². The molecule has 0 aromatic heterocycles. The van der Waals surface area contributed by atoms with Crippen LogP contribution >= 0.6 is 0 Å². The Kier molecular flexibility index (Phi) is 8.66. The van der Waals surface area contributed by atoms with Crippen molar-refractivity contribution in [3.8, 4) is 0 Å². The van der Waals surface area contributed by atoms with Gasteiger partial charge in [0.15, 0.2) is 0 Å². The average molecular weight is 365 g/mol. The predicted molar refractivity (Wildman–Crippen MR) is 118 cm³/mol. The van der Waals surface area contributed by atoms with E-state index in [1.165, 1.54) is 11.4 Å². The van der Waals surface area contributed by atoms with Crippen molar-refractivity contribution in [3.63, 3.8) is 0 Å². The van der Waals surface area contributed by atoms with Crippen LogP contribution in [-0.4, -0.2) is 38.4 Å². The van der Waals surface area contributed by atoms with Gasteiger partial charge in [0.1, 0.15) is 0 Å². The first-order valence-corrected chi connectivity index (χ1v) is 9.71. The zero-order valence-corrected chi connectivity index (χ0v) is 16.6. The second kappa shape index (κ2) is 11.2. The van der Waals surface area contributed by atoms with Crippen molar-refractivity contribution < 1.29 is 4.74 Å². The highest BCUT2D eigenvalue weighted by Crippen LogP contribution is 2.19. The highest BCUT2D eigenvalue weighted by atomic mass is 16.5. The molecule has 0 aliphatic carbocycles. The van der Waals surface area contributed by atoms with Gasteiger partial charge in [-0.3, -0.25) is 0 Å². The van der Waals surface area contributed by atoms with Crippen molar-refractivity contribution in [2.24, 2.45) is 0 Å². The molecule has 27 heavy (non-hydrogen) atoms. The van der Waals surface area contributed by atoms with Crippen LogP contribution in [0.2, 0.25) is 0 Å². The molecule has 2 rings (SSSR count). The molecule has 3 nitrogen and oxygen atoms in total. The summed E-state index contributed by atoms with van der Waals surface area (Å²) in [6, 6.07) is 21.1. The molecular weight excluding hydrogens is 332 g/mol. The summed E-state index contributed by atoms with van der Waals surface area (Å²) in [5, 5.41) is 0. The van der Waals surface area contributed by atoms with E-state index in [0.29, 0.717) is 13.2 Å². The SMILES string of the molecule is C=CC(COCC(C=C)N(CC)c1ccccc1)N(CC)c1ccccc1. The Labute approximate surface area is 164 Å². The molecule has 0 heterocycles. The summed E-state index contributed by atoms with van der Waals surface area (Å²) in [6.45, 7) is 15.4. The molecule has 0 radical (unpaired) electrons. The summed E-state index contributed by atoms with van der Waals surface area (Å²) in [7, 11) is 0. The Morgan fingerprint density at radius 1 is 0.741 bits per heavy atom. The second-order valence-corrected chi connectivity index (χ2v) is 6.39. The number of anilines is 2. The molecule has 3 heteroatoms. The fraction of sp³-hybridized carbons (Fsp3) is 0.333. The fourth-order valence-electron chi connectivity index (χ4n) is 3.34. The third-order valence-electron chi connectivity index (χ3n) is 4.78. The quantitative estimate of drug-likeness (QED) is 0.484. The molecule has 2 aromatic carbocycles. The van der Waals surface area contributed by atoms with E-state index < -0.39 is 0 Å². The van der Waals surface area contributed by atoms with Crippen molar-refractivity contribution in [1.29, 1.82) is 0 Å². The number of hydrogen-bond acceptors (Lipinski definition) is 3. The third kappa shape index (κ3) is 5.73. The van der Waals surface area contributed by atoms with Gasteiger partial charge in [0, 0.05) is 24.5 Å². The smallest absolute Gasteiger partial charge is 0.0707 e. The Morgan fingerprint density at radius 3 is 1.41 bits per heavy atom. The van der Waals surface area contributed by atoms with Crippen molar-refractivity contribution in [2.45, 2.75) is 25.9 Å². The van der Waals surface area contributed by atoms with E-state index in [1.54, 1.807) is 0 Å². The number of rotatable bonds is 12. The summed E-state index contributed by atoms with van der Waals surface area (Å²) in [4.78, 5) is 4.62. The minimum atomic E-state index is 0.134. The van der Waals surface area contributed by atoms with Crippen LogP contribution in [0, 0.1) is 0 Å². The van der Waals surface area contributed by atoms with Gasteiger partial charge in [-0.05, 0) is 38.1 Å². The molecular formula is C24H32N2O. The molecule has 0 bridgehead atoms. The minimum absolute atomic E-state index is 0.134. The number of benzene rings is 2. The highest BCUT2D eigenvalue weighted by Gasteiger charge is 2.18. The second-order valence-electron chi connectivity index (χ2n) is 6.39. The number of ether oxygens (including phenoxy) is 1. The normalized spacial score (nSPS) is 12.8. The standard InChI is InChI=1S/C24H32N2O/c1-5-21(25(7-3)23-15-11-9-12-16-23)19-27-20-22(6-2)26(8-4)24-17-13-10-14-18-24/h5-6,9-18,21-22H,1-2,7-8,19-20H2,3-4H3. The van der Waals surface area contributed by atoms with E-state index in [0.717, 1.165) is 13.1 Å². The van der Waals surface area contributed by atoms with Crippen molar-refractivity contribution in [1.82, 2.24) is 0 Å². The molecule has 0 aliphatic rings. The predicted octanol–water partition coefficient (Wildman–Crippen LogP) is 5.17. The maximum absolute atomic E-state index is 6.12. The van der Waals surface area contributed by atoms with Crippen LogP contribution in [0.3, 0.4) is 0 Å². The maximum atomic E-state index is 6.12. The van der Waals surface area contributed by atoms with E-state index in [2.05, 4.69) is 85.3 Å². The van der Waals surface area contributed by atoms with Gasteiger partial charge in [-0.1, -0.05) is 48.6 Å². The largest absolute Gasteiger partial charge is 0.376 e. The van der Waals surface area contributed by atoms with Gasteiger partial charge < -0.3 is 14.5 Å². The monoisotopic (exact) mass is 364 g/mol. The van der Waals surface area contributed by atoms with Crippen LogP contribution < -0.4 is 9.80 Å². The van der Waals surface area contributed by atoms with Gasteiger partial charge in [-0.25, -0.2) is 0 Å². The average Bonchev–Trinajstić information content (AvgIpc) is 2.73. The first-order valence-electron chi connectivity index (χ1n) is 9.71. The number of hydrogen-bond donors (Lipinski definition) is 0. The summed E-state index contributed by atoms with van der Waals surface area (Å²) in [5.41, 5.74) is 2.38. The lowest BCUT2D eigenvalue weighted by atomic mass is 10.2. The van der Waals surface area contributed by atoms with Crippen LogP contribution in [0.4, 0.5) is 11.4 Å². The molecule has 2 atom stereocenters. The minimum Gasteiger partial charge on any atom is -0.376 e. The number of nitrogens with zero attached hydrogens (tertiary/aromatic N) is 2. The first kappa shape index (κ1) is 20.8. The Balaban J connectivity index is 1.98. The first-order chi connectivity index (χ1) is 13.2. The molecule has 0 saturated heterocycles. The lowest BCUT2D eigenvalue weighted by Gasteiger charge is -2.33. The topological polar surface area (TPSA) is 15.7 Å². The van der Waals surface area contributed by atoms with Crippen LogP contribution in [0.15, 0.2) is 86.0 Å². The molecule has 2 unspecified atom stereocenters. The summed E-state index contributed by atoms with van der Waals surface area (Å²) in [5.74, 6) is 0. The molecule has 144 valence electrons. The van der Waals surface area contributed by atoms with E-state index in [9.17, 15) is 0 Å². The van der Waals surface area contributed by atoms with Gasteiger partial charge in [-0.2, -0.15) is 0 Å². The lowest BCUT2D eigenvalue weighted by Crippen LogP contribution is -2.40. The Hall–Kier alpha value is -2.52. The van der Waals surface area contributed by atoms with Gasteiger partial charge in [-0.15, -0.1) is 13.2 Å². The fourth-order valence-corrected chi connectivity index (χ4v) is 3.34. The number of para-hydroxylation sites is 2. The van der Waals surface area contributed by atoms with E-state index in [1.807, 2.05) is 24.3 Å². The molecule has 0 fully saturated rings. The lowest BCUT2D eigenvalue weighted by molar-refractivity contribution is 0.121. The summed E-state index contributed by atoms with van der Waals surface area (Å²) < 4.78 is 6.12. The van der Waals surface area contributed by atoms with Crippen LogP contribution in [0.5, 0.6) is 0 Å². The zero-order chi connectivity index (χ0) is 19.5. The molecule has 0 amide bonds. The summed E-state index contributed by atoms with van der Waals surface area (Å²) >= 11 is 0. The van der Waals surface area contributed by atoms with E-state index in [-0.39, 0.29) is 12.1 Å². The Bertz CT molecular complexity index is 612. The van der Waals surface area contributed by atoms with E-state index >= 15 is 0 Å². The van der Waals surface area contributed by atoms with Crippen LogP contribution in [0.1, 0.15) is 13.8 Å². The molecule has 0 aliphatic heterocycles. The van der Waals surface area contributed by atoms with Crippen molar-refractivity contribution >= 4 is 11.4 Å². The van der Waals surface area contributed by atoms with Crippen molar-refractivity contribution in [2.75, 3.05) is 36.1 Å². The Morgan fingerprint density at radius 2 is 1.11 bits per heavy atom. The van der Waals surface area contributed by atoms with Crippen LogP contribution in [0.25, 0.3) is 0 Å². The maximum Gasteiger partial charge on any atom is 0.0707 e.